The van der Waals surface area contributed by atoms with Crippen LogP contribution in [0.5, 0.6) is 11.5 Å². The summed E-state index contributed by atoms with van der Waals surface area (Å²) in [4.78, 5) is 2.29. The third-order valence-corrected chi connectivity index (χ3v) is 5.40. The first-order valence-electron chi connectivity index (χ1n) is 9.45. The Kier molecular flexibility index (Phi) is 6.69. The average Bonchev–Trinajstić information content (AvgIpc) is 2.69. The van der Waals surface area contributed by atoms with Crippen LogP contribution in [0.25, 0.3) is 0 Å². The molecule has 0 bridgehead atoms. The lowest BCUT2D eigenvalue weighted by Gasteiger charge is -2.36. The van der Waals surface area contributed by atoms with Crippen LogP contribution < -0.4 is 9.47 Å². The Morgan fingerprint density at radius 3 is 2.56 bits per heavy atom. The minimum atomic E-state index is -0.372. The molecule has 1 N–H and O–H groups in total. The maximum atomic E-state index is 13.0. The number of hydrogen-bond acceptors (Lipinski definition) is 4. The monoisotopic (exact) mass is 373 g/mol. The predicted molar refractivity (Wildman–Crippen MR) is 104 cm³/mol. The molecule has 1 fully saturated rings. The van der Waals surface area contributed by atoms with Crippen molar-refractivity contribution >= 4 is 0 Å². The van der Waals surface area contributed by atoms with Gasteiger partial charge in [0.2, 0.25) is 0 Å². The molecule has 2 aromatic carbocycles. The number of aliphatic hydroxyl groups is 1. The Bertz CT molecular complexity index is 735. The lowest BCUT2D eigenvalue weighted by Crippen LogP contribution is -2.45. The molecule has 0 aliphatic carbocycles. The summed E-state index contributed by atoms with van der Waals surface area (Å²) in [6, 6.07) is 12.5. The number of β-amino-alcohol motifs (C(OH)–C–C–N with tert-alkyl or cyclic N) is 1. The summed E-state index contributed by atoms with van der Waals surface area (Å²) < 4.78 is 23.9. The van der Waals surface area contributed by atoms with Gasteiger partial charge in [-0.1, -0.05) is 24.3 Å². The second-order valence-corrected chi connectivity index (χ2v) is 7.15. The molecule has 1 saturated heterocycles. The van der Waals surface area contributed by atoms with E-state index in [9.17, 15) is 9.50 Å². The molecule has 1 heterocycles. The summed E-state index contributed by atoms with van der Waals surface area (Å²) in [5.41, 5.74) is 2.19. The average molecular weight is 373 g/mol. The number of benzene rings is 2. The minimum Gasteiger partial charge on any atom is -0.493 e. The van der Waals surface area contributed by atoms with Gasteiger partial charge >= 0.3 is 0 Å². The van der Waals surface area contributed by atoms with Gasteiger partial charge in [-0.15, -0.1) is 0 Å². The highest BCUT2D eigenvalue weighted by Gasteiger charge is 2.28. The van der Waals surface area contributed by atoms with Gasteiger partial charge in [-0.05, 0) is 61.1 Å². The largest absolute Gasteiger partial charge is 0.493 e. The third kappa shape index (κ3) is 4.99. The molecular weight excluding hydrogens is 345 g/mol. The molecule has 1 aliphatic rings. The highest BCUT2D eigenvalue weighted by atomic mass is 19.1. The summed E-state index contributed by atoms with van der Waals surface area (Å²) in [6.07, 6.45) is 2.20. The number of rotatable bonds is 7. The van der Waals surface area contributed by atoms with Gasteiger partial charge in [0.05, 0.1) is 20.3 Å². The Morgan fingerprint density at radius 2 is 1.89 bits per heavy atom. The highest BCUT2D eigenvalue weighted by molar-refractivity contribution is 5.46. The van der Waals surface area contributed by atoms with E-state index in [1.54, 1.807) is 14.2 Å². The van der Waals surface area contributed by atoms with Crippen molar-refractivity contribution in [3.05, 3.63) is 59.4 Å². The molecule has 27 heavy (non-hydrogen) atoms. The lowest BCUT2D eigenvalue weighted by molar-refractivity contribution is 0.0223. The summed E-state index contributed by atoms with van der Waals surface area (Å²) in [5.74, 6) is 1.48. The van der Waals surface area contributed by atoms with Crippen LogP contribution in [0.1, 0.15) is 17.5 Å². The molecule has 146 valence electrons. The molecule has 2 aromatic rings. The lowest BCUT2D eigenvalue weighted by atomic mass is 9.87. The van der Waals surface area contributed by atoms with Gasteiger partial charge in [0, 0.05) is 13.1 Å². The van der Waals surface area contributed by atoms with Crippen molar-refractivity contribution in [2.75, 3.05) is 33.9 Å². The Morgan fingerprint density at radius 1 is 1.11 bits per heavy atom. The number of para-hydroxylation sites is 1. The van der Waals surface area contributed by atoms with Crippen molar-refractivity contribution in [2.45, 2.75) is 25.4 Å². The Labute approximate surface area is 160 Å². The zero-order valence-electron chi connectivity index (χ0n) is 16.0. The quantitative estimate of drug-likeness (QED) is 0.809. The van der Waals surface area contributed by atoms with Gasteiger partial charge < -0.3 is 19.5 Å². The molecule has 0 amide bonds. The molecule has 0 aromatic heterocycles. The molecule has 1 unspecified atom stereocenters. The molecular formula is C22H28FNO3. The van der Waals surface area contributed by atoms with Crippen LogP contribution >= 0.6 is 0 Å². The first-order valence-corrected chi connectivity index (χ1v) is 9.45. The normalized spacial score (nSPS) is 20.4. The summed E-state index contributed by atoms with van der Waals surface area (Å²) in [6.45, 7) is 2.49. The number of nitrogens with zero attached hydrogens (tertiary/aromatic N) is 1. The van der Waals surface area contributed by atoms with E-state index >= 15 is 0 Å². The Balaban J connectivity index is 1.55. The van der Waals surface area contributed by atoms with Crippen LogP contribution in [0.4, 0.5) is 4.39 Å². The van der Waals surface area contributed by atoms with Crippen LogP contribution in [-0.4, -0.2) is 50.0 Å². The third-order valence-electron chi connectivity index (χ3n) is 5.40. The van der Waals surface area contributed by atoms with E-state index in [2.05, 4.69) is 4.90 Å². The molecule has 3 rings (SSSR count). The van der Waals surface area contributed by atoms with E-state index in [1.807, 2.05) is 30.3 Å². The van der Waals surface area contributed by atoms with Crippen molar-refractivity contribution in [1.29, 1.82) is 0 Å². The van der Waals surface area contributed by atoms with E-state index in [0.29, 0.717) is 6.54 Å². The zero-order valence-corrected chi connectivity index (χ0v) is 16.0. The van der Waals surface area contributed by atoms with Crippen molar-refractivity contribution < 1.29 is 19.0 Å². The van der Waals surface area contributed by atoms with Crippen LogP contribution in [0.15, 0.2) is 42.5 Å². The molecule has 4 nitrogen and oxygen atoms in total. The van der Waals surface area contributed by atoms with Crippen LogP contribution in [0, 0.1) is 11.7 Å². The fraction of sp³-hybridized carbons (Fsp3) is 0.455. The number of piperidine rings is 1. The first kappa shape index (κ1) is 19.6. The van der Waals surface area contributed by atoms with E-state index < -0.39 is 0 Å². The molecule has 2 atom stereocenters. The standard InChI is InChI=1S/C22H28FNO3/c1-26-21-5-3-4-18(22(21)27-2)14-17-11-13-24(15-20(17)25)12-10-16-6-8-19(23)9-7-16/h3-9,17,20,25H,10-15H2,1-2H3/t17?,20-/m1/s1. The van der Waals surface area contributed by atoms with Crippen molar-refractivity contribution in [2.24, 2.45) is 5.92 Å². The van der Waals surface area contributed by atoms with Gasteiger partial charge in [-0.25, -0.2) is 4.39 Å². The molecule has 1 aliphatic heterocycles. The van der Waals surface area contributed by atoms with E-state index in [-0.39, 0.29) is 17.8 Å². The predicted octanol–water partition coefficient (Wildman–Crippen LogP) is 3.31. The number of methoxy groups -OCH3 is 2. The second kappa shape index (κ2) is 9.20. The zero-order chi connectivity index (χ0) is 19.2. The first-order chi connectivity index (χ1) is 13.1. The topological polar surface area (TPSA) is 41.9 Å². The van der Waals surface area contributed by atoms with Gasteiger partial charge in [0.1, 0.15) is 5.82 Å². The minimum absolute atomic E-state index is 0.202. The summed E-state index contributed by atoms with van der Waals surface area (Å²) in [5, 5.41) is 10.7. The maximum absolute atomic E-state index is 13.0. The number of likely N-dealkylation sites (tertiary alicyclic amines) is 1. The number of aliphatic hydroxyl groups excluding tert-OH is 1. The van der Waals surface area contributed by atoms with E-state index in [0.717, 1.165) is 55.0 Å². The number of halogens is 1. The summed E-state index contributed by atoms with van der Waals surface area (Å²) in [7, 11) is 3.28. The molecule has 5 heteroatoms. The van der Waals surface area contributed by atoms with Crippen molar-refractivity contribution in [3.63, 3.8) is 0 Å². The van der Waals surface area contributed by atoms with Crippen molar-refractivity contribution in [3.8, 4) is 11.5 Å². The molecule has 0 spiro atoms. The second-order valence-electron chi connectivity index (χ2n) is 7.15. The number of hydrogen-bond donors (Lipinski definition) is 1. The van der Waals surface area contributed by atoms with Crippen LogP contribution in [-0.2, 0) is 12.8 Å². The maximum Gasteiger partial charge on any atom is 0.163 e. The summed E-state index contributed by atoms with van der Waals surface area (Å²) >= 11 is 0. The van der Waals surface area contributed by atoms with Gasteiger partial charge in [-0.3, -0.25) is 0 Å². The smallest absolute Gasteiger partial charge is 0.163 e. The van der Waals surface area contributed by atoms with Gasteiger partial charge in [0.15, 0.2) is 11.5 Å². The molecule has 0 saturated carbocycles. The van der Waals surface area contributed by atoms with E-state index in [1.165, 1.54) is 12.1 Å². The number of ether oxygens (including phenoxy) is 2. The van der Waals surface area contributed by atoms with Gasteiger partial charge in [0.25, 0.3) is 0 Å². The van der Waals surface area contributed by atoms with E-state index in [4.69, 9.17) is 9.47 Å². The fourth-order valence-electron chi connectivity index (χ4n) is 3.82. The molecule has 0 radical (unpaired) electrons. The fourth-order valence-corrected chi connectivity index (χ4v) is 3.82. The van der Waals surface area contributed by atoms with Crippen LogP contribution in [0.2, 0.25) is 0 Å². The highest BCUT2D eigenvalue weighted by Crippen LogP contribution is 2.34. The Hall–Kier alpha value is -2.11. The van der Waals surface area contributed by atoms with Crippen LogP contribution in [0.3, 0.4) is 0 Å². The van der Waals surface area contributed by atoms with Gasteiger partial charge in [-0.2, -0.15) is 0 Å². The SMILES string of the molecule is COc1cccc(CC2CCN(CCc3ccc(F)cc3)C[C@H]2O)c1OC. The van der Waals surface area contributed by atoms with Crippen molar-refractivity contribution in [1.82, 2.24) is 4.90 Å².